The van der Waals surface area contributed by atoms with Crippen molar-refractivity contribution in [1.82, 2.24) is 9.03 Å². The van der Waals surface area contributed by atoms with E-state index in [1.54, 1.807) is 0 Å². The molecule has 0 bridgehead atoms. The van der Waals surface area contributed by atoms with E-state index in [2.05, 4.69) is 35.1 Å². The summed E-state index contributed by atoms with van der Waals surface area (Å²) in [5.74, 6) is -0.100. The van der Waals surface area contributed by atoms with E-state index < -0.39 is 22.2 Å². The van der Waals surface area contributed by atoms with Gasteiger partial charge < -0.3 is 9.84 Å². The molecule has 0 amide bonds. The van der Waals surface area contributed by atoms with Gasteiger partial charge in [0.15, 0.2) is 0 Å². The molecule has 7 nitrogen and oxygen atoms in total. The molecule has 1 aliphatic heterocycles. The lowest BCUT2D eigenvalue weighted by molar-refractivity contribution is -0.139. The number of ether oxygens (including phenoxy) is 1. The average Bonchev–Trinajstić information content (AvgIpc) is 2.87. The molecule has 35 heavy (non-hydrogen) atoms. The van der Waals surface area contributed by atoms with Crippen molar-refractivity contribution in [2.24, 2.45) is 0 Å². The number of hydrogen-bond donors (Lipinski definition) is 2. The summed E-state index contributed by atoms with van der Waals surface area (Å²) in [4.78, 5) is 11.3. The molecule has 1 aliphatic rings. The number of piperidine rings is 1. The fourth-order valence-electron chi connectivity index (χ4n) is 4.54. The molecule has 3 aromatic carbocycles. The number of nitrogens with zero attached hydrogens (tertiary/aromatic N) is 1. The van der Waals surface area contributed by atoms with Gasteiger partial charge in [-0.05, 0) is 65.3 Å². The predicted molar refractivity (Wildman–Crippen MR) is 137 cm³/mol. The number of nitrogens with one attached hydrogen (secondary N) is 1. The average molecular weight is 497 g/mol. The van der Waals surface area contributed by atoms with E-state index in [1.807, 2.05) is 43.3 Å². The van der Waals surface area contributed by atoms with Crippen molar-refractivity contribution in [3.63, 3.8) is 0 Å². The number of fused-ring (bicyclic) bond motifs is 1. The van der Waals surface area contributed by atoms with E-state index in [1.165, 1.54) is 15.1 Å². The van der Waals surface area contributed by atoms with Gasteiger partial charge in [0.05, 0.1) is 0 Å². The highest BCUT2D eigenvalue weighted by atomic mass is 32.2. The van der Waals surface area contributed by atoms with Crippen LogP contribution in [0, 0.1) is 0 Å². The fraction of sp³-hybridized carbons (Fsp3) is 0.370. The van der Waals surface area contributed by atoms with Crippen molar-refractivity contribution < 1.29 is 23.1 Å². The Morgan fingerprint density at radius 2 is 1.74 bits per heavy atom. The van der Waals surface area contributed by atoms with Crippen LogP contribution in [0.2, 0.25) is 0 Å². The van der Waals surface area contributed by atoms with Crippen molar-refractivity contribution in [3.05, 3.63) is 77.9 Å². The third-order valence-electron chi connectivity index (χ3n) is 6.53. The van der Waals surface area contributed by atoms with Crippen molar-refractivity contribution >= 4 is 27.0 Å². The third-order valence-corrected chi connectivity index (χ3v) is 8.16. The monoisotopic (exact) mass is 496 g/mol. The van der Waals surface area contributed by atoms with E-state index in [-0.39, 0.29) is 12.3 Å². The van der Waals surface area contributed by atoms with Gasteiger partial charge in [0.25, 0.3) is 10.2 Å². The van der Waals surface area contributed by atoms with Crippen LogP contribution < -0.4 is 9.46 Å². The van der Waals surface area contributed by atoms with E-state index in [4.69, 9.17) is 4.74 Å². The maximum absolute atomic E-state index is 12.7. The number of carboxylic acid groups (broad SMARTS) is 1. The lowest BCUT2D eigenvalue weighted by Gasteiger charge is -2.32. The van der Waals surface area contributed by atoms with Crippen LogP contribution in [0.5, 0.6) is 5.75 Å². The smallest absolute Gasteiger partial charge is 0.321 e. The highest BCUT2D eigenvalue weighted by Gasteiger charge is 2.32. The minimum Gasteiger partial charge on any atom is -0.489 e. The van der Waals surface area contributed by atoms with Gasteiger partial charge in [0, 0.05) is 13.1 Å². The zero-order chi connectivity index (χ0) is 24.8. The van der Waals surface area contributed by atoms with Crippen LogP contribution in [0.4, 0.5) is 0 Å². The van der Waals surface area contributed by atoms with Crippen LogP contribution in [0.3, 0.4) is 0 Å². The maximum atomic E-state index is 12.7. The number of carboxylic acids is 1. The summed E-state index contributed by atoms with van der Waals surface area (Å²) in [6.45, 7) is 3.04. The third kappa shape index (κ3) is 6.39. The molecule has 0 radical (unpaired) electrons. The second kappa shape index (κ2) is 11.2. The minimum atomic E-state index is -3.83. The molecule has 1 heterocycles. The molecule has 0 aliphatic carbocycles. The second-order valence-corrected chi connectivity index (χ2v) is 10.7. The molecule has 0 aromatic heterocycles. The van der Waals surface area contributed by atoms with Gasteiger partial charge in [0.2, 0.25) is 0 Å². The van der Waals surface area contributed by atoms with Gasteiger partial charge in [-0.25, -0.2) is 0 Å². The lowest BCUT2D eigenvalue weighted by Crippen LogP contribution is -2.50. The molecule has 1 fully saturated rings. The molecule has 3 aromatic rings. The first-order valence-electron chi connectivity index (χ1n) is 12.1. The number of benzene rings is 3. The Kier molecular flexibility index (Phi) is 8.05. The summed E-state index contributed by atoms with van der Waals surface area (Å²) >= 11 is 0. The van der Waals surface area contributed by atoms with E-state index >= 15 is 0 Å². The number of carbonyl (C=O) groups is 1. The summed E-state index contributed by atoms with van der Waals surface area (Å²) in [5, 5.41) is 11.7. The molecule has 186 valence electrons. The summed E-state index contributed by atoms with van der Waals surface area (Å²) < 4.78 is 35.0. The van der Waals surface area contributed by atoms with Crippen molar-refractivity contribution in [2.45, 2.75) is 51.2 Å². The zero-order valence-corrected chi connectivity index (χ0v) is 20.7. The quantitative estimate of drug-likeness (QED) is 0.425. The predicted octanol–water partition coefficient (Wildman–Crippen LogP) is 4.69. The Bertz CT molecular complexity index is 1250. The fourth-order valence-corrected chi connectivity index (χ4v) is 5.96. The van der Waals surface area contributed by atoms with Gasteiger partial charge in [-0.2, -0.15) is 17.4 Å². The first kappa shape index (κ1) is 25.2. The largest absolute Gasteiger partial charge is 0.489 e. The van der Waals surface area contributed by atoms with Gasteiger partial charge >= 0.3 is 5.97 Å². The summed E-state index contributed by atoms with van der Waals surface area (Å²) in [6, 6.07) is 21.5. The highest BCUT2D eigenvalue weighted by molar-refractivity contribution is 7.87. The van der Waals surface area contributed by atoms with Crippen LogP contribution in [-0.4, -0.2) is 42.9 Å². The minimum absolute atomic E-state index is 0.252. The summed E-state index contributed by atoms with van der Waals surface area (Å²) in [6.07, 6.45) is 2.22. The Morgan fingerprint density at radius 3 is 2.40 bits per heavy atom. The lowest BCUT2D eigenvalue weighted by atomic mass is 9.90. The first-order chi connectivity index (χ1) is 16.9. The van der Waals surface area contributed by atoms with Crippen LogP contribution in [0.25, 0.3) is 10.8 Å². The van der Waals surface area contributed by atoms with Crippen molar-refractivity contribution in [3.8, 4) is 5.75 Å². The van der Waals surface area contributed by atoms with Crippen LogP contribution in [0.15, 0.2) is 66.7 Å². The van der Waals surface area contributed by atoms with Crippen molar-refractivity contribution in [2.75, 3.05) is 13.1 Å². The van der Waals surface area contributed by atoms with E-state index in [0.29, 0.717) is 39.0 Å². The standard InChI is InChI=1S/C27H32N2O5S/c1-2-5-26(27(30)31)28-35(32,33)29-16-14-23(15-17-29)22-10-12-25(13-11-22)34-19-20-8-9-21-6-3-4-7-24(21)18-20/h3-4,6-13,18,23,26,28H,2,5,14-17,19H2,1H3,(H,30,31)/t26-/m0/s1. The van der Waals surface area contributed by atoms with Crippen LogP contribution in [-0.2, 0) is 21.6 Å². The van der Waals surface area contributed by atoms with Gasteiger partial charge in [-0.1, -0.05) is 61.9 Å². The normalized spacial score (nSPS) is 16.3. The van der Waals surface area contributed by atoms with Gasteiger partial charge in [-0.15, -0.1) is 0 Å². The first-order valence-corrected chi connectivity index (χ1v) is 13.5. The highest BCUT2D eigenvalue weighted by Crippen LogP contribution is 2.30. The molecule has 0 unspecified atom stereocenters. The van der Waals surface area contributed by atoms with E-state index in [9.17, 15) is 18.3 Å². The van der Waals surface area contributed by atoms with Gasteiger partial charge in [-0.3, -0.25) is 4.79 Å². The molecular weight excluding hydrogens is 464 g/mol. The van der Waals surface area contributed by atoms with Gasteiger partial charge in [0.1, 0.15) is 18.4 Å². The maximum Gasteiger partial charge on any atom is 0.321 e. The molecule has 1 atom stereocenters. The topological polar surface area (TPSA) is 95.9 Å². The molecule has 1 saturated heterocycles. The van der Waals surface area contributed by atoms with Crippen LogP contribution >= 0.6 is 0 Å². The molecule has 0 saturated carbocycles. The number of hydrogen-bond acceptors (Lipinski definition) is 4. The Balaban J connectivity index is 1.30. The Morgan fingerprint density at radius 1 is 1.06 bits per heavy atom. The van der Waals surface area contributed by atoms with Crippen molar-refractivity contribution in [1.29, 1.82) is 0 Å². The molecule has 2 N–H and O–H groups in total. The Hall–Kier alpha value is -2.94. The molecule has 0 spiro atoms. The second-order valence-electron chi connectivity index (χ2n) is 9.01. The summed E-state index contributed by atoms with van der Waals surface area (Å²) in [7, 11) is -3.83. The number of rotatable bonds is 10. The molecule has 8 heteroatoms. The molecule has 4 rings (SSSR count). The van der Waals surface area contributed by atoms with Crippen LogP contribution in [0.1, 0.15) is 49.7 Å². The summed E-state index contributed by atoms with van der Waals surface area (Å²) in [5.41, 5.74) is 2.27. The molecular formula is C27H32N2O5S. The Labute approximate surface area is 206 Å². The zero-order valence-electron chi connectivity index (χ0n) is 19.9. The number of aliphatic carboxylic acids is 1. The van der Waals surface area contributed by atoms with E-state index in [0.717, 1.165) is 16.9 Å². The SMILES string of the molecule is CCC[C@H](NS(=O)(=O)N1CCC(c2ccc(OCc3ccc4ccccc4c3)cc2)CC1)C(=O)O.